The van der Waals surface area contributed by atoms with Crippen molar-refractivity contribution in [1.29, 1.82) is 0 Å². The fraction of sp³-hybridized carbons (Fsp3) is 0.786. The summed E-state index contributed by atoms with van der Waals surface area (Å²) in [6.07, 6.45) is 0.905. The SMILES string of the molecule is CC(C)(C)OC(=O)[C@@H]1CCCN1CC(=O)N1CCOC1=O. The fourth-order valence-corrected chi connectivity index (χ4v) is 2.53. The van der Waals surface area contributed by atoms with Gasteiger partial charge in [0.15, 0.2) is 0 Å². The number of amides is 2. The van der Waals surface area contributed by atoms with E-state index in [2.05, 4.69) is 0 Å². The van der Waals surface area contributed by atoms with Crippen molar-refractivity contribution in [2.24, 2.45) is 0 Å². The van der Waals surface area contributed by atoms with E-state index in [1.807, 2.05) is 20.8 Å². The molecular formula is C14H22N2O5. The summed E-state index contributed by atoms with van der Waals surface area (Å²) in [5.74, 6) is -0.634. The Hall–Kier alpha value is -1.63. The quantitative estimate of drug-likeness (QED) is 0.716. The molecule has 0 unspecified atom stereocenters. The second-order valence-corrected chi connectivity index (χ2v) is 6.32. The summed E-state index contributed by atoms with van der Waals surface area (Å²) in [6.45, 7) is 6.65. The standard InChI is InChI=1S/C14H22N2O5/c1-14(2,3)21-12(18)10-5-4-6-15(10)9-11(17)16-7-8-20-13(16)19/h10H,4-9H2,1-3H3/t10-/m0/s1. The summed E-state index contributed by atoms with van der Waals surface area (Å²) >= 11 is 0. The minimum Gasteiger partial charge on any atom is -0.459 e. The molecule has 2 heterocycles. The molecule has 2 aliphatic heterocycles. The first-order valence-electron chi connectivity index (χ1n) is 7.22. The minimum absolute atomic E-state index is 0.0407. The predicted octanol–water partition coefficient (Wildman–Crippen LogP) is 0.771. The molecule has 0 saturated carbocycles. The average Bonchev–Trinajstić information content (AvgIpc) is 2.95. The zero-order chi connectivity index (χ0) is 15.6. The maximum Gasteiger partial charge on any atom is 0.416 e. The van der Waals surface area contributed by atoms with Gasteiger partial charge >= 0.3 is 12.1 Å². The molecule has 0 aromatic carbocycles. The van der Waals surface area contributed by atoms with Crippen LogP contribution in [0.15, 0.2) is 0 Å². The van der Waals surface area contributed by atoms with Gasteiger partial charge in [-0.1, -0.05) is 0 Å². The number of carbonyl (C=O) groups excluding carboxylic acids is 3. The third-order valence-corrected chi connectivity index (χ3v) is 3.44. The fourth-order valence-electron chi connectivity index (χ4n) is 2.53. The summed E-state index contributed by atoms with van der Waals surface area (Å²) in [5, 5.41) is 0. The molecule has 0 aliphatic carbocycles. The van der Waals surface area contributed by atoms with Crippen LogP contribution in [0.5, 0.6) is 0 Å². The zero-order valence-electron chi connectivity index (χ0n) is 12.8. The minimum atomic E-state index is -0.604. The number of rotatable bonds is 3. The van der Waals surface area contributed by atoms with Gasteiger partial charge in [-0.2, -0.15) is 0 Å². The van der Waals surface area contributed by atoms with E-state index in [4.69, 9.17) is 9.47 Å². The molecule has 2 fully saturated rings. The van der Waals surface area contributed by atoms with Gasteiger partial charge in [0.2, 0.25) is 5.91 Å². The Kier molecular flexibility index (Phi) is 4.51. The number of cyclic esters (lactones) is 1. The van der Waals surface area contributed by atoms with E-state index in [1.165, 1.54) is 0 Å². The Morgan fingerprint density at radius 2 is 2.05 bits per heavy atom. The Morgan fingerprint density at radius 3 is 2.62 bits per heavy atom. The van der Waals surface area contributed by atoms with E-state index in [9.17, 15) is 14.4 Å². The van der Waals surface area contributed by atoms with Crippen molar-refractivity contribution in [3.63, 3.8) is 0 Å². The molecule has 2 rings (SSSR count). The van der Waals surface area contributed by atoms with Crippen molar-refractivity contribution in [1.82, 2.24) is 9.80 Å². The third-order valence-electron chi connectivity index (χ3n) is 3.44. The molecule has 2 saturated heterocycles. The van der Waals surface area contributed by atoms with E-state index in [0.29, 0.717) is 13.0 Å². The number of hydrogen-bond donors (Lipinski definition) is 0. The summed E-state index contributed by atoms with van der Waals surface area (Å²) in [6, 6.07) is -0.410. The van der Waals surface area contributed by atoms with Crippen LogP contribution in [-0.2, 0) is 19.1 Å². The van der Waals surface area contributed by atoms with Crippen molar-refractivity contribution in [2.75, 3.05) is 26.2 Å². The van der Waals surface area contributed by atoms with E-state index in [-0.39, 0.29) is 31.6 Å². The number of ether oxygens (including phenoxy) is 2. The van der Waals surface area contributed by atoms with Crippen molar-refractivity contribution in [2.45, 2.75) is 45.3 Å². The number of likely N-dealkylation sites (tertiary alicyclic amines) is 1. The molecule has 0 aromatic heterocycles. The summed E-state index contributed by atoms with van der Waals surface area (Å²) in [5.41, 5.74) is -0.548. The average molecular weight is 298 g/mol. The van der Waals surface area contributed by atoms with Crippen molar-refractivity contribution < 1.29 is 23.9 Å². The van der Waals surface area contributed by atoms with Crippen LogP contribution in [0.1, 0.15) is 33.6 Å². The third kappa shape index (κ3) is 3.93. The van der Waals surface area contributed by atoms with Crippen LogP contribution in [0.4, 0.5) is 4.79 Å². The lowest BCUT2D eigenvalue weighted by molar-refractivity contribution is -0.160. The van der Waals surface area contributed by atoms with Gasteiger partial charge in [0, 0.05) is 0 Å². The van der Waals surface area contributed by atoms with Crippen LogP contribution in [0, 0.1) is 0 Å². The first-order valence-corrected chi connectivity index (χ1v) is 7.22. The lowest BCUT2D eigenvalue weighted by Gasteiger charge is -2.27. The summed E-state index contributed by atoms with van der Waals surface area (Å²) < 4.78 is 10.1. The van der Waals surface area contributed by atoms with E-state index in [1.54, 1.807) is 4.90 Å². The molecule has 1 atom stereocenters. The number of nitrogens with zero attached hydrogens (tertiary/aromatic N) is 2. The largest absolute Gasteiger partial charge is 0.459 e. The van der Waals surface area contributed by atoms with Crippen LogP contribution in [0.2, 0.25) is 0 Å². The lowest BCUT2D eigenvalue weighted by Crippen LogP contribution is -2.46. The van der Waals surface area contributed by atoms with Gasteiger partial charge in [0.05, 0.1) is 13.1 Å². The van der Waals surface area contributed by atoms with Crippen molar-refractivity contribution in [3.05, 3.63) is 0 Å². The zero-order valence-corrected chi connectivity index (χ0v) is 12.8. The van der Waals surface area contributed by atoms with E-state index < -0.39 is 17.7 Å². The highest BCUT2D eigenvalue weighted by Gasteiger charge is 2.37. The Bertz CT molecular complexity index is 443. The van der Waals surface area contributed by atoms with Crippen molar-refractivity contribution >= 4 is 18.0 Å². The lowest BCUT2D eigenvalue weighted by atomic mass is 10.1. The highest BCUT2D eigenvalue weighted by Crippen LogP contribution is 2.21. The number of carbonyl (C=O) groups is 3. The smallest absolute Gasteiger partial charge is 0.416 e. The number of imide groups is 1. The maximum absolute atomic E-state index is 12.2. The van der Waals surface area contributed by atoms with Crippen LogP contribution >= 0.6 is 0 Å². The van der Waals surface area contributed by atoms with Gasteiger partial charge < -0.3 is 9.47 Å². The molecular weight excluding hydrogens is 276 g/mol. The highest BCUT2D eigenvalue weighted by atomic mass is 16.6. The van der Waals surface area contributed by atoms with Gasteiger partial charge in [0.1, 0.15) is 18.2 Å². The second-order valence-electron chi connectivity index (χ2n) is 6.32. The normalized spacial score (nSPS) is 23.3. The molecule has 0 aromatic rings. The van der Waals surface area contributed by atoms with Gasteiger partial charge in [-0.25, -0.2) is 9.69 Å². The molecule has 0 radical (unpaired) electrons. The molecule has 0 N–H and O–H groups in total. The van der Waals surface area contributed by atoms with Crippen LogP contribution < -0.4 is 0 Å². The maximum atomic E-state index is 12.2. The Labute approximate surface area is 124 Å². The van der Waals surface area contributed by atoms with Gasteiger partial charge in [-0.3, -0.25) is 14.5 Å². The second kappa shape index (κ2) is 6.01. The van der Waals surface area contributed by atoms with Crippen LogP contribution in [0.25, 0.3) is 0 Å². The first-order chi connectivity index (χ1) is 9.78. The van der Waals surface area contributed by atoms with Crippen LogP contribution in [0.3, 0.4) is 0 Å². The molecule has 7 nitrogen and oxygen atoms in total. The molecule has 2 aliphatic rings. The Balaban J connectivity index is 1.94. The molecule has 0 spiro atoms. The highest BCUT2D eigenvalue weighted by molar-refractivity contribution is 5.94. The number of esters is 1. The van der Waals surface area contributed by atoms with Crippen molar-refractivity contribution in [3.8, 4) is 0 Å². The molecule has 21 heavy (non-hydrogen) atoms. The van der Waals surface area contributed by atoms with Gasteiger partial charge in [-0.05, 0) is 40.2 Å². The van der Waals surface area contributed by atoms with Gasteiger partial charge in [0.25, 0.3) is 0 Å². The summed E-state index contributed by atoms with van der Waals surface area (Å²) in [7, 11) is 0. The van der Waals surface area contributed by atoms with Crippen LogP contribution in [-0.4, -0.2) is 65.7 Å². The first kappa shape index (κ1) is 15.8. The summed E-state index contributed by atoms with van der Waals surface area (Å²) in [4.78, 5) is 38.5. The Morgan fingerprint density at radius 1 is 1.33 bits per heavy atom. The molecule has 0 bridgehead atoms. The molecule has 118 valence electrons. The molecule has 2 amide bonds. The van der Waals surface area contributed by atoms with E-state index in [0.717, 1.165) is 11.3 Å². The van der Waals surface area contributed by atoms with Gasteiger partial charge in [-0.15, -0.1) is 0 Å². The monoisotopic (exact) mass is 298 g/mol. The predicted molar refractivity (Wildman–Crippen MR) is 73.5 cm³/mol. The molecule has 7 heteroatoms. The van der Waals surface area contributed by atoms with E-state index >= 15 is 0 Å². The number of hydrogen-bond acceptors (Lipinski definition) is 6. The topological polar surface area (TPSA) is 76.2 Å².